The minimum Gasteiger partial charge on any atom is -0.462 e. The molecule has 8 nitrogen and oxygen atoms in total. The first-order chi connectivity index (χ1) is 16.5. The number of thiophene rings is 1. The number of methoxy groups -OCH3 is 1. The molecule has 0 unspecified atom stereocenters. The van der Waals surface area contributed by atoms with Gasteiger partial charge in [-0.3, -0.25) is 14.2 Å². The van der Waals surface area contributed by atoms with Crippen LogP contribution in [0, 0.1) is 0 Å². The third-order valence-electron chi connectivity index (χ3n) is 5.58. The fourth-order valence-corrected chi connectivity index (χ4v) is 6.12. The molecule has 180 valence electrons. The number of anilines is 1. The summed E-state index contributed by atoms with van der Waals surface area (Å²) in [5, 5.41) is 4.43. The second-order valence-electron chi connectivity index (χ2n) is 7.83. The number of amides is 1. The topological polar surface area (TPSA) is 99.5 Å². The standard InChI is InChI=1S/C24H27N3O5S2/c1-3-32-23(30)20-16-9-5-7-11-18(16)34-21(20)26-19(28)14-33-24-25-17-10-6-4-8-15(17)22(29)27(24)12-13-31-2/h4,6,8,10H,3,5,7,9,11-14H2,1-2H3,(H,26,28). The third kappa shape index (κ3) is 5.18. The Morgan fingerprint density at radius 1 is 1.24 bits per heavy atom. The van der Waals surface area contributed by atoms with Crippen LogP contribution in [0.15, 0.2) is 34.2 Å². The van der Waals surface area contributed by atoms with Crippen molar-refractivity contribution in [1.82, 2.24) is 9.55 Å². The second-order valence-corrected chi connectivity index (χ2v) is 9.88. The number of carbonyl (C=O) groups excluding carboxylic acids is 2. The molecule has 4 rings (SSSR count). The van der Waals surface area contributed by atoms with Gasteiger partial charge in [-0.2, -0.15) is 0 Å². The number of para-hydroxylation sites is 1. The largest absolute Gasteiger partial charge is 0.462 e. The lowest BCUT2D eigenvalue weighted by Crippen LogP contribution is -2.26. The molecule has 0 bridgehead atoms. The van der Waals surface area contributed by atoms with Crippen molar-refractivity contribution in [2.75, 3.05) is 31.4 Å². The molecule has 1 N–H and O–H groups in total. The molecule has 0 aliphatic heterocycles. The van der Waals surface area contributed by atoms with E-state index in [0.29, 0.717) is 39.8 Å². The molecule has 0 saturated heterocycles. The Labute approximate surface area is 205 Å². The Morgan fingerprint density at radius 2 is 2.03 bits per heavy atom. The lowest BCUT2D eigenvalue weighted by molar-refractivity contribution is -0.113. The summed E-state index contributed by atoms with van der Waals surface area (Å²) in [7, 11) is 1.57. The van der Waals surface area contributed by atoms with Gasteiger partial charge >= 0.3 is 5.97 Å². The Balaban J connectivity index is 1.55. The third-order valence-corrected chi connectivity index (χ3v) is 7.77. The molecule has 1 amide bonds. The number of aromatic nitrogens is 2. The lowest BCUT2D eigenvalue weighted by atomic mass is 9.95. The Morgan fingerprint density at radius 3 is 2.82 bits per heavy atom. The number of aryl methyl sites for hydroxylation is 1. The summed E-state index contributed by atoms with van der Waals surface area (Å²) in [5.41, 5.74) is 1.91. The zero-order valence-electron chi connectivity index (χ0n) is 19.2. The van der Waals surface area contributed by atoms with Crippen LogP contribution in [-0.2, 0) is 33.7 Å². The van der Waals surface area contributed by atoms with Crippen LogP contribution in [0.4, 0.5) is 5.00 Å². The molecule has 1 aromatic carbocycles. The van der Waals surface area contributed by atoms with Crippen LogP contribution >= 0.6 is 23.1 Å². The van der Waals surface area contributed by atoms with E-state index in [1.807, 2.05) is 6.07 Å². The molecule has 0 spiro atoms. The zero-order valence-corrected chi connectivity index (χ0v) is 20.9. The highest BCUT2D eigenvalue weighted by molar-refractivity contribution is 7.99. The van der Waals surface area contributed by atoms with Crippen LogP contribution in [0.25, 0.3) is 10.9 Å². The van der Waals surface area contributed by atoms with Crippen molar-refractivity contribution in [2.45, 2.75) is 44.3 Å². The van der Waals surface area contributed by atoms with E-state index in [0.717, 1.165) is 36.1 Å². The van der Waals surface area contributed by atoms with Gasteiger partial charge in [-0.25, -0.2) is 9.78 Å². The van der Waals surface area contributed by atoms with Gasteiger partial charge in [0.25, 0.3) is 5.56 Å². The van der Waals surface area contributed by atoms with E-state index >= 15 is 0 Å². The smallest absolute Gasteiger partial charge is 0.341 e. The number of nitrogens with zero attached hydrogens (tertiary/aromatic N) is 2. The summed E-state index contributed by atoms with van der Waals surface area (Å²) >= 11 is 2.64. The van der Waals surface area contributed by atoms with E-state index in [1.54, 1.807) is 32.2 Å². The molecular formula is C24H27N3O5S2. The van der Waals surface area contributed by atoms with Crippen molar-refractivity contribution in [2.24, 2.45) is 0 Å². The van der Waals surface area contributed by atoms with Crippen molar-refractivity contribution in [3.63, 3.8) is 0 Å². The molecule has 0 radical (unpaired) electrons. The van der Waals surface area contributed by atoms with Crippen molar-refractivity contribution < 1.29 is 19.1 Å². The average molecular weight is 502 g/mol. The number of thioether (sulfide) groups is 1. The van der Waals surface area contributed by atoms with Crippen LogP contribution in [0.1, 0.15) is 40.6 Å². The normalized spacial score (nSPS) is 13.0. The van der Waals surface area contributed by atoms with E-state index in [2.05, 4.69) is 10.3 Å². The van der Waals surface area contributed by atoms with Crippen LogP contribution in [-0.4, -0.2) is 47.5 Å². The molecule has 10 heteroatoms. The fraction of sp³-hybridized carbons (Fsp3) is 0.417. The lowest BCUT2D eigenvalue weighted by Gasteiger charge is -2.13. The van der Waals surface area contributed by atoms with E-state index in [4.69, 9.17) is 9.47 Å². The van der Waals surface area contributed by atoms with Crippen molar-refractivity contribution in [3.8, 4) is 0 Å². The predicted molar refractivity (Wildman–Crippen MR) is 134 cm³/mol. The van der Waals surface area contributed by atoms with Crippen LogP contribution in [0.5, 0.6) is 0 Å². The van der Waals surface area contributed by atoms with Crippen LogP contribution in [0.3, 0.4) is 0 Å². The molecule has 0 fully saturated rings. The van der Waals surface area contributed by atoms with Crippen molar-refractivity contribution in [3.05, 3.63) is 50.6 Å². The maximum Gasteiger partial charge on any atom is 0.341 e. The number of rotatable bonds is 9. The average Bonchev–Trinajstić information content (AvgIpc) is 3.20. The first-order valence-electron chi connectivity index (χ1n) is 11.3. The Bertz CT molecular complexity index is 1270. The van der Waals surface area contributed by atoms with Crippen molar-refractivity contribution in [1.29, 1.82) is 0 Å². The van der Waals surface area contributed by atoms with Gasteiger partial charge in [0.05, 0.1) is 42.0 Å². The van der Waals surface area contributed by atoms with Gasteiger partial charge in [0, 0.05) is 12.0 Å². The number of benzene rings is 1. The number of carbonyl (C=O) groups is 2. The SMILES string of the molecule is CCOC(=O)c1c(NC(=O)CSc2nc3ccccc3c(=O)n2CCOC)sc2c1CCCC2. The zero-order chi connectivity index (χ0) is 24.1. The monoisotopic (exact) mass is 501 g/mol. The molecule has 0 saturated carbocycles. The van der Waals surface area contributed by atoms with Gasteiger partial charge in [0.1, 0.15) is 5.00 Å². The van der Waals surface area contributed by atoms with Crippen LogP contribution in [0.2, 0.25) is 0 Å². The quantitative estimate of drug-likeness (QED) is 0.270. The van der Waals surface area contributed by atoms with Gasteiger partial charge in [0.15, 0.2) is 5.16 Å². The molecule has 2 heterocycles. The number of ether oxygens (including phenoxy) is 2. The van der Waals surface area contributed by atoms with E-state index in [-0.39, 0.29) is 23.8 Å². The molecule has 2 aromatic heterocycles. The van der Waals surface area contributed by atoms with Crippen molar-refractivity contribution >= 4 is 50.9 Å². The van der Waals surface area contributed by atoms with E-state index in [9.17, 15) is 14.4 Å². The summed E-state index contributed by atoms with van der Waals surface area (Å²) in [5.74, 6) is -0.618. The first kappa shape index (κ1) is 24.4. The van der Waals surface area contributed by atoms with Gasteiger partial charge in [-0.15, -0.1) is 11.3 Å². The van der Waals surface area contributed by atoms with Gasteiger partial charge in [0.2, 0.25) is 5.91 Å². The molecule has 0 atom stereocenters. The number of fused-ring (bicyclic) bond motifs is 2. The molecule has 1 aliphatic carbocycles. The molecule has 34 heavy (non-hydrogen) atoms. The predicted octanol–water partition coefficient (Wildman–Crippen LogP) is 3.89. The fourth-order valence-electron chi connectivity index (χ4n) is 4.00. The molecule has 3 aromatic rings. The highest BCUT2D eigenvalue weighted by Crippen LogP contribution is 2.38. The summed E-state index contributed by atoms with van der Waals surface area (Å²) in [4.78, 5) is 44.3. The highest BCUT2D eigenvalue weighted by Gasteiger charge is 2.27. The van der Waals surface area contributed by atoms with E-state index in [1.165, 1.54) is 27.7 Å². The maximum absolute atomic E-state index is 13.0. The summed E-state index contributed by atoms with van der Waals surface area (Å²) < 4.78 is 12.0. The Kier molecular flexibility index (Phi) is 8.02. The maximum atomic E-state index is 13.0. The first-order valence-corrected chi connectivity index (χ1v) is 13.1. The number of hydrogen-bond donors (Lipinski definition) is 1. The number of nitrogens with one attached hydrogen (secondary N) is 1. The number of hydrogen-bond acceptors (Lipinski definition) is 8. The Hall–Kier alpha value is -2.69. The molecular weight excluding hydrogens is 474 g/mol. The van der Waals surface area contributed by atoms with Gasteiger partial charge in [-0.1, -0.05) is 23.9 Å². The summed E-state index contributed by atoms with van der Waals surface area (Å²) in [6, 6.07) is 7.15. The minimum atomic E-state index is -0.394. The van der Waals surface area contributed by atoms with Gasteiger partial charge < -0.3 is 14.8 Å². The van der Waals surface area contributed by atoms with Crippen LogP contribution < -0.4 is 10.9 Å². The van der Waals surface area contributed by atoms with E-state index < -0.39 is 5.97 Å². The van der Waals surface area contributed by atoms with Gasteiger partial charge in [-0.05, 0) is 50.3 Å². The second kappa shape index (κ2) is 11.2. The number of esters is 1. The molecule has 1 aliphatic rings. The summed E-state index contributed by atoms with van der Waals surface area (Å²) in [6.45, 7) is 2.73. The summed E-state index contributed by atoms with van der Waals surface area (Å²) in [6.07, 6.45) is 3.82. The minimum absolute atomic E-state index is 0.0442. The highest BCUT2D eigenvalue weighted by atomic mass is 32.2.